The van der Waals surface area contributed by atoms with E-state index in [1.54, 1.807) is 25.6 Å². The minimum Gasteiger partial charge on any atom is -0.493 e. The third kappa shape index (κ3) is 4.07. The zero-order valence-electron chi connectivity index (χ0n) is 19.8. The lowest BCUT2D eigenvalue weighted by Gasteiger charge is -2.40. The van der Waals surface area contributed by atoms with Crippen molar-refractivity contribution in [3.05, 3.63) is 52.9 Å². The van der Waals surface area contributed by atoms with Gasteiger partial charge in [0.05, 0.1) is 60.8 Å². The minimum atomic E-state index is -0.154. The highest BCUT2D eigenvalue weighted by atomic mass is 35.5. The number of hydrogen-bond donors (Lipinski definition) is 3. The molecule has 4 heterocycles. The third-order valence-electron chi connectivity index (χ3n) is 7.01. The molecule has 0 spiro atoms. The lowest BCUT2D eigenvalue weighted by Crippen LogP contribution is -2.49. The van der Waals surface area contributed by atoms with Gasteiger partial charge in [-0.15, -0.1) is 0 Å². The van der Waals surface area contributed by atoms with Gasteiger partial charge in [-0.2, -0.15) is 0 Å². The van der Waals surface area contributed by atoms with Crippen molar-refractivity contribution in [2.24, 2.45) is 0 Å². The average molecular weight is 511 g/mol. The maximum atomic E-state index is 13.3. The topological polar surface area (TPSA) is 107 Å². The zero-order chi connectivity index (χ0) is 24.6. The number of amides is 1. The van der Waals surface area contributed by atoms with Crippen LogP contribution in [0.5, 0.6) is 11.5 Å². The van der Waals surface area contributed by atoms with Crippen LogP contribution in [-0.2, 0) is 9.47 Å². The standard InChI is InChI=1S/C26H27ClN4O5/c1-33-25-17(27)3-2-4-19(25)29-24-21-22(15-5-6-18(15)30-26(21)32)31-23(24)16-7-8-28-11-20(16)36-13-14-12-34-9-10-35-14/h2-4,7-8,11,14-15,18,29,31H,5-6,9-10,12-13H2,1H3,(H,30,32)/t14-,15+,18-/m1/s1. The van der Waals surface area contributed by atoms with Gasteiger partial charge in [-0.1, -0.05) is 17.7 Å². The molecule has 1 saturated heterocycles. The number of para-hydroxylation sites is 1. The summed E-state index contributed by atoms with van der Waals surface area (Å²) >= 11 is 6.39. The average Bonchev–Trinajstić information content (AvgIpc) is 3.24. The molecular formula is C26H27ClN4O5. The highest BCUT2D eigenvalue weighted by Gasteiger charge is 2.43. The Labute approximate surface area is 213 Å². The number of H-pyrrole nitrogens is 1. The fourth-order valence-corrected chi connectivity index (χ4v) is 5.34. The van der Waals surface area contributed by atoms with E-state index in [4.69, 9.17) is 30.5 Å². The summed E-state index contributed by atoms with van der Waals surface area (Å²) in [5, 5.41) is 7.07. The number of carbonyl (C=O) groups excluding carboxylic acids is 1. The van der Waals surface area contributed by atoms with Gasteiger partial charge >= 0.3 is 0 Å². The maximum Gasteiger partial charge on any atom is 0.255 e. The number of nitrogens with zero attached hydrogens (tertiary/aromatic N) is 1. The first-order valence-electron chi connectivity index (χ1n) is 12.1. The van der Waals surface area contributed by atoms with Crippen LogP contribution in [0.1, 0.15) is 34.8 Å². The molecule has 1 amide bonds. The van der Waals surface area contributed by atoms with E-state index in [-0.39, 0.29) is 24.0 Å². The Bertz CT molecular complexity index is 1290. The molecule has 3 aromatic rings. The van der Waals surface area contributed by atoms with Gasteiger partial charge < -0.3 is 34.6 Å². The second kappa shape index (κ2) is 9.65. The zero-order valence-corrected chi connectivity index (χ0v) is 20.6. The van der Waals surface area contributed by atoms with Crippen LogP contribution in [0, 0.1) is 0 Å². The molecule has 0 unspecified atom stereocenters. The number of benzene rings is 1. The minimum absolute atomic E-state index is 0.110. The fraction of sp³-hybridized carbons (Fsp3) is 0.385. The van der Waals surface area contributed by atoms with Crippen molar-refractivity contribution in [3.63, 3.8) is 0 Å². The van der Waals surface area contributed by atoms with E-state index in [0.717, 1.165) is 29.8 Å². The molecule has 3 atom stereocenters. The van der Waals surface area contributed by atoms with Crippen LogP contribution >= 0.6 is 11.6 Å². The Morgan fingerprint density at radius 3 is 2.94 bits per heavy atom. The summed E-state index contributed by atoms with van der Waals surface area (Å²) in [6, 6.07) is 7.49. The van der Waals surface area contributed by atoms with Crippen LogP contribution in [0.3, 0.4) is 0 Å². The number of aromatic nitrogens is 2. The predicted molar refractivity (Wildman–Crippen MR) is 135 cm³/mol. The van der Waals surface area contributed by atoms with Crippen LogP contribution in [0.25, 0.3) is 11.3 Å². The fourth-order valence-electron chi connectivity index (χ4n) is 5.09. The molecule has 1 aliphatic carbocycles. The first-order chi connectivity index (χ1) is 17.6. The number of hydrogen-bond acceptors (Lipinski definition) is 7. The van der Waals surface area contributed by atoms with E-state index in [1.165, 1.54) is 0 Å². The predicted octanol–water partition coefficient (Wildman–Crippen LogP) is 4.27. The molecule has 2 aliphatic heterocycles. The number of ether oxygens (including phenoxy) is 4. The smallest absolute Gasteiger partial charge is 0.255 e. The largest absolute Gasteiger partial charge is 0.493 e. The molecule has 9 nitrogen and oxygen atoms in total. The summed E-state index contributed by atoms with van der Waals surface area (Å²) in [6.07, 6.45) is 5.21. The molecular weight excluding hydrogens is 484 g/mol. The number of anilines is 2. The Balaban J connectivity index is 1.43. The van der Waals surface area contributed by atoms with Gasteiger partial charge in [0.1, 0.15) is 18.5 Å². The van der Waals surface area contributed by atoms with Crippen LogP contribution in [0.15, 0.2) is 36.7 Å². The molecule has 36 heavy (non-hydrogen) atoms. The molecule has 2 aromatic heterocycles. The molecule has 6 rings (SSSR count). The lowest BCUT2D eigenvalue weighted by atomic mass is 9.74. The number of nitrogens with one attached hydrogen (secondary N) is 3. The van der Waals surface area contributed by atoms with Gasteiger partial charge in [0, 0.05) is 29.4 Å². The number of rotatable bonds is 7. The van der Waals surface area contributed by atoms with E-state index in [0.29, 0.717) is 59.9 Å². The van der Waals surface area contributed by atoms with Crippen molar-refractivity contribution in [3.8, 4) is 22.8 Å². The second-order valence-corrected chi connectivity index (χ2v) is 9.53. The summed E-state index contributed by atoms with van der Waals surface area (Å²) < 4.78 is 22.9. The van der Waals surface area contributed by atoms with E-state index in [9.17, 15) is 4.79 Å². The van der Waals surface area contributed by atoms with E-state index >= 15 is 0 Å². The summed E-state index contributed by atoms with van der Waals surface area (Å²) in [7, 11) is 1.57. The summed E-state index contributed by atoms with van der Waals surface area (Å²) in [5.41, 5.74) is 4.34. The van der Waals surface area contributed by atoms with Crippen LogP contribution in [0.2, 0.25) is 5.02 Å². The van der Waals surface area contributed by atoms with Crippen LogP contribution < -0.4 is 20.1 Å². The third-order valence-corrected chi connectivity index (χ3v) is 7.31. The van der Waals surface area contributed by atoms with E-state index in [1.807, 2.05) is 18.2 Å². The molecule has 1 saturated carbocycles. The van der Waals surface area contributed by atoms with Gasteiger partial charge in [0.15, 0.2) is 5.75 Å². The number of aromatic amines is 1. The number of methoxy groups -OCH3 is 1. The summed E-state index contributed by atoms with van der Waals surface area (Å²) in [6.45, 7) is 1.95. The van der Waals surface area contributed by atoms with Crippen molar-refractivity contribution in [2.45, 2.75) is 30.9 Å². The Hall–Kier alpha value is -3.27. The highest BCUT2D eigenvalue weighted by molar-refractivity contribution is 6.32. The highest BCUT2D eigenvalue weighted by Crippen LogP contribution is 2.49. The SMILES string of the molecule is COc1c(Cl)cccc1Nc1c(-c2ccncc2OC[C@H]2COCCO2)[nH]c2c1C(=O)N[C@@H]1CC[C@H]21. The summed E-state index contributed by atoms with van der Waals surface area (Å²) in [4.78, 5) is 21.1. The van der Waals surface area contributed by atoms with E-state index in [2.05, 4.69) is 20.6 Å². The summed E-state index contributed by atoms with van der Waals surface area (Å²) in [5.74, 6) is 1.21. The first kappa shape index (κ1) is 23.1. The van der Waals surface area contributed by atoms with Gasteiger partial charge in [0.25, 0.3) is 5.91 Å². The van der Waals surface area contributed by atoms with Gasteiger partial charge in [-0.25, -0.2) is 0 Å². The quantitative estimate of drug-likeness (QED) is 0.436. The number of fused-ring (bicyclic) bond motifs is 3. The Morgan fingerprint density at radius 2 is 2.17 bits per heavy atom. The Kier molecular flexibility index (Phi) is 6.20. The molecule has 188 valence electrons. The second-order valence-electron chi connectivity index (χ2n) is 9.12. The number of carbonyl (C=O) groups is 1. The van der Waals surface area contributed by atoms with Crippen LogP contribution in [0.4, 0.5) is 11.4 Å². The Morgan fingerprint density at radius 1 is 1.25 bits per heavy atom. The molecule has 1 aromatic carbocycles. The van der Waals surface area contributed by atoms with Gasteiger partial charge in [-0.05, 0) is 31.0 Å². The van der Waals surface area contributed by atoms with Gasteiger partial charge in [0.2, 0.25) is 0 Å². The van der Waals surface area contributed by atoms with E-state index < -0.39 is 0 Å². The lowest BCUT2D eigenvalue weighted by molar-refractivity contribution is -0.101. The van der Waals surface area contributed by atoms with Crippen molar-refractivity contribution in [1.29, 1.82) is 0 Å². The molecule has 3 N–H and O–H groups in total. The maximum absolute atomic E-state index is 13.3. The number of halogens is 1. The van der Waals surface area contributed by atoms with Gasteiger partial charge in [-0.3, -0.25) is 9.78 Å². The molecule has 0 bridgehead atoms. The molecule has 0 radical (unpaired) electrons. The first-order valence-corrected chi connectivity index (χ1v) is 12.4. The molecule has 2 fully saturated rings. The molecule has 3 aliphatic rings. The normalized spacial score (nSPS) is 22.6. The van der Waals surface area contributed by atoms with Crippen LogP contribution in [-0.4, -0.2) is 61.6 Å². The van der Waals surface area contributed by atoms with Crippen molar-refractivity contribution in [2.75, 3.05) is 38.9 Å². The van der Waals surface area contributed by atoms with Crippen molar-refractivity contribution in [1.82, 2.24) is 15.3 Å². The number of pyridine rings is 1. The van der Waals surface area contributed by atoms with Crippen molar-refractivity contribution >= 4 is 28.9 Å². The monoisotopic (exact) mass is 510 g/mol. The molecule has 10 heteroatoms. The van der Waals surface area contributed by atoms with Crippen molar-refractivity contribution < 1.29 is 23.7 Å².